The van der Waals surface area contributed by atoms with E-state index < -0.39 is 0 Å². The normalized spacial score (nSPS) is 22.9. The maximum Gasteiger partial charge on any atom is 0.191 e. The van der Waals surface area contributed by atoms with Gasteiger partial charge in [-0.05, 0) is 31.6 Å². The highest BCUT2D eigenvalue weighted by atomic mass is 127. The Morgan fingerprint density at radius 1 is 1.30 bits per heavy atom. The highest BCUT2D eigenvalue weighted by Gasteiger charge is 2.24. The Hall–Kier alpha value is -1.03. The molecule has 154 valence electrons. The van der Waals surface area contributed by atoms with E-state index in [4.69, 9.17) is 0 Å². The zero-order valence-electron chi connectivity index (χ0n) is 16.6. The molecule has 0 amide bonds. The van der Waals surface area contributed by atoms with E-state index >= 15 is 0 Å². The molecule has 1 aliphatic heterocycles. The van der Waals surface area contributed by atoms with Gasteiger partial charge in [0.1, 0.15) is 0 Å². The van der Waals surface area contributed by atoms with Crippen molar-refractivity contribution in [1.29, 1.82) is 0 Å². The standard InChI is InChI=1S/C19H34N6O.HI/c1-20-19(21-12-18(26)15-7-4-3-5-8-15)23-16-9-6-10-25(13-16)17-11-22-24(2)14-17;/h11,14-16,18,26H,3-10,12-13H2,1-2H3,(H2,20,21,23);1H. The largest absolute Gasteiger partial charge is 0.391 e. The molecule has 2 unspecified atom stereocenters. The minimum absolute atomic E-state index is 0. The quantitative estimate of drug-likeness (QED) is 0.335. The fourth-order valence-corrected chi connectivity index (χ4v) is 4.18. The number of rotatable bonds is 5. The molecule has 2 fully saturated rings. The molecule has 0 spiro atoms. The Labute approximate surface area is 180 Å². The zero-order valence-corrected chi connectivity index (χ0v) is 18.9. The van der Waals surface area contributed by atoms with Crippen molar-refractivity contribution in [2.45, 2.75) is 57.1 Å². The summed E-state index contributed by atoms with van der Waals surface area (Å²) in [5, 5.41) is 21.6. The summed E-state index contributed by atoms with van der Waals surface area (Å²) >= 11 is 0. The van der Waals surface area contributed by atoms with Gasteiger partial charge >= 0.3 is 0 Å². The molecule has 3 rings (SSSR count). The molecule has 1 saturated carbocycles. The van der Waals surface area contributed by atoms with E-state index in [9.17, 15) is 5.11 Å². The van der Waals surface area contributed by atoms with E-state index in [1.807, 2.05) is 17.9 Å². The summed E-state index contributed by atoms with van der Waals surface area (Å²) in [7, 11) is 3.75. The molecule has 3 N–H and O–H groups in total. The Morgan fingerprint density at radius 3 is 2.74 bits per heavy atom. The predicted octanol–water partition coefficient (Wildman–Crippen LogP) is 2.11. The zero-order chi connectivity index (χ0) is 18.4. The van der Waals surface area contributed by atoms with Crippen molar-refractivity contribution in [3.63, 3.8) is 0 Å². The fourth-order valence-electron chi connectivity index (χ4n) is 4.18. The van der Waals surface area contributed by atoms with Gasteiger partial charge in [-0.1, -0.05) is 19.3 Å². The first kappa shape index (κ1) is 22.3. The van der Waals surface area contributed by atoms with Gasteiger partial charge in [-0.3, -0.25) is 9.67 Å². The van der Waals surface area contributed by atoms with Crippen molar-refractivity contribution in [2.75, 3.05) is 31.6 Å². The van der Waals surface area contributed by atoms with Crippen molar-refractivity contribution in [3.05, 3.63) is 12.4 Å². The van der Waals surface area contributed by atoms with Gasteiger partial charge in [0, 0.05) is 46.0 Å². The first-order chi connectivity index (χ1) is 12.7. The molecule has 0 bridgehead atoms. The number of nitrogens with zero attached hydrogens (tertiary/aromatic N) is 4. The van der Waals surface area contributed by atoms with Crippen molar-refractivity contribution in [2.24, 2.45) is 18.0 Å². The topological polar surface area (TPSA) is 77.7 Å². The van der Waals surface area contributed by atoms with Crippen LogP contribution in [0.2, 0.25) is 0 Å². The van der Waals surface area contributed by atoms with E-state index in [1.54, 1.807) is 7.05 Å². The highest BCUT2D eigenvalue weighted by molar-refractivity contribution is 14.0. The van der Waals surface area contributed by atoms with Crippen LogP contribution in [0.5, 0.6) is 0 Å². The van der Waals surface area contributed by atoms with E-state index in [0.717, 1.165) is 44.7 Å². The number of aryl methyl sites for hydroxylation is 1. The van der Waals surface area contributed by atoms with Gasteiger partial charge in [0.2, 0.25) is 0 Å². The third kappa shape index (κ3) is 6.51. The van der Waals surface area contributed by atoms with Gasteiger partial charge in [0.05, 0.1) is 18.0 Å². The lowest BCUT2D eigenvalue weighted by Crippen LogP contribution is -2.52. The summed E-state index contributed by atoms with van der Waals surface area (Å²) in [5.74, 6) is 1.23. The Balaban J connectivity index is 0.00000261. The predicted molar refractivity (Wildman–Crippen MR) is 121 cm³/mol. The first-order valence-corrected chi connectivity index (χ1v) is 10.0. The number of aliphatic imine (C=N–C) groups is 1. The van der Waals surface area contributed by atoms with Crippen LogP contribution in [0, 0.1) is 5.92 Å². The van der Waals surface area contributed by atoms with Crippen molar-refractivity contribution in [3.8, 4) is 0 Å². The van der Waals surface area contributed by atoms with E-state index in [1.165, 1.54) is 24.9 Å². The fraction of sp³-hybridized carbons (Fsp3) is 0.789. The number of hydrogen-bond donors (Lipinski definition) is 3. The SMILES string of the molecule is CN=C(NCC(O)C1CCCCC1)NC1CCCN(c2cnn(C)c2)C1.I. The molecule has 2 aliphatic rings. The Morgan fingerprint density at radius 2 is 2.07 bits per heavy atom. The molecule has 2 atom stereocenters. The average molecular weight is 490 g/mol. The number of halogens is 1. The molecule has 7 nitrogen and oxygen atoms in total. The van der Waals surface area contributed by atoms with Crippen molar-refractivity contribution in [1.82, 2.24) is 20.4 Å². The molecule has 1 aliphatic carbocycles. The van der Waals surface area contributed by atoms with Crippen LogP contribution >= 0.6 is 24.0 Å². The molecule has 0 radical (unpaired) electrons. The minimum atomic E-state index is -0.285. The molecule has 1 aromatic rings. The number of nitrogens with one attached hydrogen (secondary N) is 2. The minimum Gasteiger partial charge on any atom is -0.391 e. The maximum absolute atomic E-state index is 10.5. The van der Waals surface area contributed by atoms with Crippen LogP contribution in [0.15, 0.2) is 17.4 Å². The summed E-state index contributed by atoms with van der Waals surface area (Å²) in [4.78, 5) is 6.72. The molecule has 2 heterocycles. The Bertz CT molecular complexity index is 587. The van der Waals surface area contributed by atoms with Crippen molar-refractivity contribution < 1.29 is 5.11 Å². The number of piperidine rings is 1. The third-order valence-electron chi connectivity index (χ3n) is 5.71. The number of anilines is 1. The van der Waals surface area contributed by atoms with Gasteiger partial charge in [0.25, 0.3) is 0 Å². The van der Waals surface area contributed by atoms with Crippen LogP contribution in [0.4, 0.5) is 5.69 Å². The summed E-state index contributed by atoms with van der Waals surface area (Å²) in [6.07, 6.45) is 12.1. The lowest BCUT2D eigenvalue weighted by atomic mass is 9.85. The second kappa shape index (κ2) is 11.1. The number of aliphatic hydroxyl groups is 1. The third-order valence-corrected chi connectivity index (χ3v) is 5.71. The van der Waals surface area contributed by atoms with Crippen molar-refractivity contribution >= 4 is 35.6 Å². The first-order valence-electron chi connectivity index (χ1n) is 10.0. The van der Waals surface area contributed by atoms with Gasteiger partial charge in [-0.25, -0.2) is 0 Å². The molecule has 8 heteroatoms. The molecular weight excluding hydrogens is 455 g/mol. The van der Waals surface area contributed by atoms with Gasteiger partial charge in [-0.15, -0.1) is 24.0 Å². The van der Waals surface area contributed by atoms with Crippen LogP contribution in [-0.4, -0.2) is 59.7 Å². The second-order valence-corrected chi connectivity index (χ2v) is 7.72. The van der Waals surface area contributed by atoms with Gasteiger partial charge in [-0.2, -0.15) is 5.10 Å². The number of guanidine groups is 1. The number of aromatic nitrogens is 2. The molecule has 1 saturated heterocycles. The molecule has 27 heavy (non-hydrogen) atoms. The summed E-state index contributed by atoms with van der Waals surface area (Å²) in [6, 6.07) is 0.349. The lowest BCUT2D eigenvalue weighted by molar-refractivity contribution is 0.0879. The number of aliphatic hydroxyl groups excluding tert-OH is 1. The smallest absolute Gasteiger partial charge is 0.191 e. The van der Waals surface area contributed by atoms with E-state index in [-0.39, 0.29) is 30.1 Å². The van der Waals surface area contributed by atoms with E-state index in [2.05, 4.69) is 31.8 Å². The molecule has 1 aromatic heterocycles. The Kier molecular flexibility index (Phi) is 9.14. The summed E-state index contributed by atoms with van der Waals surface area (Å²) in [6.45, 7) is 2.58. The van der Waals surface area contributed by atoms with Gasteiger partial charge in [0.15, 0.2) is 5.96 Å². The molecule has 0 aromatic carbocycles. The lowest BCUT2D eigenvalue weighted by Gasteiger charge is -2.34. The highest BCUT2D eigenvalue weighted by Crippen LogP contribution is 2.26. The summed E-state index contributed by atoms with van der Waals surface area (Å²) < 4.78 is 1.85. The van der Waals surface area contributed by atoms with Crippen LogP contribution in [-0.2, 0) is 7.05 Å². The van der Waals surface area contributed by atoms with Crippen LogP contribution in [0.25, 0.3) is 0 Å². The monoisotopic (exact) mass is 490 g/mol. The second-order valence-electron chi connectivity index (χ2n) is 7.72. The summed E-state index contributed by atoms with van der Waals surface area (Å²) in [5.41, 5.74) is 1.18. The van der Waals surface area contributed by atoms with Crippen LogP contribution in [0.3, 0.4) is 0 Å². The number of hydrogen-bond acceptors (Lipinski definition) is 4. The average Bonchev–Trinajstić information content (AvgIpc) is 3.12. The van der Waals surface area contributed by atoms with Crippen LogP contribution < -0.4 is 15.5 Å². The molecular formula is C19H35IN6O. The van der Waals surface area contributed by atoms with E-state index in [0.29, 0.717) is 18.5 Å². The van der Waals surface area contributed by atoms with Gasteiger partial charge < -0.3 is 20.6 Å². The van der Waals surface area contributed by atoms with Crippen LogP contribution in [0.1, 0.15) is 44.9 Å². The maximum atomic E-state index is 10.5.